The Balaban J connectivity index is 1.23. The fraction of sp³-hybridized carbons (Fsp3) is 0.556. The molecule has 0 bridgehead atoms. The van der Waals surface area contributed by atoms with Crippen LogP contribution in [0.3, 0.4) is 0 Å². The first-order chi connectivity index (χ1) is 13.2. The van der Waals surface area contributed by atoms with Crippen molar-refractivity contribution in [3.05, 3.63) is 18.2 Å². The van der Waals surface area contributed by atoms with Crippen LogP contribution in [-0.4, -0.2) is 87.6 Å². The van der Waals surface area contributed by atoms with Crippen LogP contribution in [0.4, 0.5) is 5.69 Å². The quantitative estimate of drug-likeness (QED) is 0.819. The minimum atomic E-state index is -0.0444. The molecule has 2 aromatic rings. The van der Waals surface area contributed by atoms with Crippen LogP contribution in [0.1, 0.15) is 12.8 Å². The first-order valence-electron chi connectivity index (χ1n) is 9.43. The highest BCUT2D eigenvalue weighted by Crippen LogP contribution is 2.21. The molecule has 0 saturated carbocycles. The largest absolute Gasteiger partial charge is 0.342 e. The van der Waals surface area contributed by atoms with Crippen molar-refractivity contribution in [1.29, 1.82) is 0 Å². The number of fused-ring (bicyclic) bond motifs is 1. The second-order valence-electron chi connectivity index (χ2n) is 7.13. The first-order valence-corrected chi connectivity index (χ1v) is 10.2. The van der Waals surface area contributed by atoms with Crippen LogP contribution in [0.5, 0.6) is 0 Å². The molecule has 144 valence electrons. The summed E-state index contributed by atoms with van der Waals surface area (Å²) >= 11 is 1.15. The van der Waals surface area contributed by atoms with E-state index in [0.29, 0.717) is 18.8 Å². The monoisotopic (exact) mass is 388 g/mol. The zero-order valence-electron chi connectivity index (χ0n) is 15.3. The maximum absolute atomic E-state index is 12.4. The molecule has 0 radical (unpaired) electrons. The number of benzene rings is 1. The van der Waals surface area contributed by atoms with Gasteiger partial charge in [0.1, 0.15) is 11.0 Å². The number of carbonyl (C=O) groups excluding carboxylic acids is 2. The van der Waals surface area contributed by atoms with Gasteiger partial charge in [0.05, 0.1) is 30.5 Å². The van der Waals surface area contributed by atoms with Crippen LogP contribution in [0.15, 0.2) is 18.2 Å². The summed E-state index contributed by atoms with van der Waals surface area (Å²) < 4.78 is 8.44. The van der Waals surface area contributed by atoms with Gasteiger partial charge in [-0.2, -0.15) is 8.75 Å². The summed E-state index contributed by atoms with van der Waals surface area (Å²) in [5.41, 5.74) is 2.25. The van der Waals surface area contributed by atoms with Crippen LogP contribution in [0.25, 0.3) is 11.0 Å². The molecule has 27 heavy (non-hydrogen) atoms. The number of nitrogens with zero attached hydrogens (tertiary/aromatic N) is 5. The van der Waals surface area contributed by atoms with Gasteiger partial charge >= 0.3 is 0 Å². The normalized spacial score (nSPS) is 18.9. The van der Waals surface area contributed by atoms with E-state index in [1.807, 2.05) is 23.1 Å². The number of amides is 2. The van der Waals surface area contributed by atoms with Gasteiger partial charge in [0.15, 0.2) is 0 Å². The second kappa shape index (κ2) is 8.28. The maximum Gasteiger partial charge on any atom is 0.238 e. The highest BCUT2D eigenvalue weighted by Gasteiger charge is 2.24. The minimum absolute atomic E-state index is 0.0444. The SMILES string of the molecule is O=C(CN1CCN(CC(=O)N2CCCC2)CC1)Nc1cccc2nsnc12. The van der Waals surface area contributed by atoms with Crippen molar-refractivity contribution < 1.29 is 9.59 Å². The molecule has 9 heteroatoms. The first kappa shape index (κ1) is 18.3. The van der Waals surface area contributed by atoms with Crippen molar-refractivity contribution in [1.82, 2.24) is 23.4 Å². The molecule has 0 aliphatic carbocycles. The van der Waals surface area contributed by atoms with Gasteiger partial charge in [-0.15, -0.1) is 0 Å². The Hall–Kier alpha value is -2.10. The van der Waals surface area contributed by atoms with Gasteiger partial charge in [0.25, 0.3) is 0 Å². The lowest BCUT2D eigenvalue weighted by molar-refractivity contribution is -0.132. The molecule has 3 heterocycles. The number of nitrogens with one attached hydrogen (secondary N) is 1. The molecule has 2 aliphatic heterocycles. The van der Waals surface area contributed by atoms with Crippen LogP contribution in [0.2, 0.25) is 0 Å². The molecule has 0 spiro atoms. The fourth-order valence-electron chi connectivity index (χ4n) is 3.66. The fourth-order valence-corrected chi connectivity index (χ4v) is 4.21. The van der Waals surface area contributed by atoms with Crippen molar-refractivity contribution in [3.63, 3.8) is 0 Å². The Bertz CT molecular complexity index is 811. The molecule has 4 rings (SSSR count). The number of rotatable bonds is 5. The Morgan fingerprint density at radius 3 is 2.41 bits per heavy atom. The zero-order chi connectivity index (χ0) is 18.6. The number of anilines is 1. The van der Waals surface area contributed by atoms with Gasteiger partial charge in [0, 0.05) is 39.3 Å². The third-order valence-corrected chi connectivity index (χ3v) is 5.75. The molecular formula is C18H24N6O2S. The van der Waals surface area contributed by atoms with Crippen LogP contribution < -0.4 is 5.32 Å². The second-order valence-corrected chi connectivity index (χ2v) is 7.65. The van der Waals surface area contributed by atoms with Crippen molar-refractivity contribution in [2.75, 3.05) is 57.7 Å². The van der Waals surface area contributed by atoms with Gasteiger partial charge in [0.2, 0.25) is 11.8 Å². The van der Waals surface area contributed by atoms with Crippen LogP contribution in [0, 0.1) is 0 Å². The standard InChI is InChI=1S/C18H24N6O2S/c25-16(19-14-4-3-5-15-18(14)21-27-20-15)12-22-8-10-23(11-9-22)13-17(26)24-6-1-2-7-24/h3-5H,1-2,6-13H2,(H,19,25). The summed E-state index contributed by atoms with van der Waals surface area (Å²) in [4.78, 5) is 31.0. The predicted octanol–water partition coefficient (Wildman–Crippen LogP) is 0.870. The highest BCUT2D eigenvalue weighted by atomic mass is 32.1. The summed E-state index contributed by atoms with van der Waals surface area (Å²) in [5.74, 6) is 0.195. The van der Waals surface area contributed by atoms with E-state index in [4.69, 9.17) is 0 Å². The van der Waals surface area contributed by atoms with Crippen LogP contribution >= 0.6 is 11.7 Å². The summed E-state index contributed by atoms with van der Waals surface area (Å²) in [6.45, 7) is 5.88. The summed E-state index contributed by atoms with van der Waals surface area (Å²) in [5, 5.41) is 2.95. The molecule has 0 unspecified atom stereocenters. The molecule has 2 aliphatic rings. The van der Waals surface area contributed by atoms with Crippen molar-refractivity contribution in [2.45, 2.75) is 12.8 Å². The highest BCUT2D eigenvalue weighted by molar-refractivity contribution is 7.00. The third-order valence-electron chi connectivity index (χ3n) is 5.21. The molecular weight excluding hydrogens is 364 g/mol. The maximum atomic E-state index is 12.4. The van der Waals surface area contributed by atoms with E-state index in [0.717, 1.165) is 74.9 Å². The number of likely N-dealkylation sites (tertiary alicyclic amines) is 1. The summed E-state index contributed by atoms with van der Waals surface area (Å²) in [6, 6.07) is 5.61. The summed E-state index contributed by atoms with van der Waals surface area (Å²) in [6.07, 6.45) is 2.25. The van der Waals surface area contributed by atoms with Gasteiger partial charge in [-0.25, -0.2) is 0 Å². The van der Waals surface area contributed by atoms with E-state index in [1.165, 1.54) is 0 Å². The lowest BCUT2D eigenvalue weighted by Gasteiger charge is -2.34. The topological polar surface area (TPSA) is 81.7 Å². The number of piperazine rings is 1. The Morgan fingerprint density at radius 1 is 0.963 bits per heavy atom. The number of carbonyl (C=O) groups is 2. The summed E-state index contributed by atoms with van der Waals surface area (Å²) in [7, 11) is 0. The molecule has 8 nitrogen and oxygen atoms in total. The van der Waals surface area contributed by atoms with Crippen molar-refractivity contribution in [2.24, 2.45) is 0 Å². The van der Waals surface area contributed by atoms with Crippen molar-refractivity contribution in [3.8, 4) is 0 Å². The lowest BCUT2D eigenvalue weighted by Crippen LogP contribution is -2.51. The van der Waals surface area contributed by atoms with Gasteiger partial charge in [-0.05, 0) is 25.0 Å². The number of hydrogen-bond acceptors (Lipinski definition) is 7. The van der Waals surface area contributed by atoms with Crippen molar-refractivity contribution >= 4 is 40.3 Å². The van der Waals surface area contributed by atoms with E-state index in [-0.39, 0.29) is 11.8 Å². The van der Waals surface area contributed by atoms with Crippen LogP contribution in [-0.2, 0) is 9.59 Å². The van der Waals surface area contributed by atoms with Gasteiger partial charge in [-0.1, -0.05) is 6.07 Å². The zero-order valence-corrected chi connectivity index (χ0v) is 16.1. The van der Waals surface area contributed by atoms with Gasteiger partial charge < -0.3 is 10.2 Å². The minimum Gasteiger partial charge on any atom is -0.342 e. The number of hydrogen-bond donors (Lipinski definition) is 1. The Kier molecular flexibility index (Phi) is 5.61. The van der Waals surface area contributed by atoms with E-state index in [9.17, 15) is 9.59 Å². The number of aromatic nitrogens is 2. The average molecular weight is 388 g/mol. The Labute approximate surface area is 162 Å². The smallest absolute Gasteiger partial charge is 0.238 e. The van der Waals surface area contributed by atoms with E-state index >= 15 is 0 Å². The Morgan fingerprint density at radius 2 is 1.67 bits per heavy atom. The van der Waals surface area contributed by atoms with E-state index in [2.05, 4.69) is 23.9 Å². The van der Waals surface area contributed by atoms with Gasteiger partial charge in [-0.3, -0.25) is 19.4 Å². The molecule has 0 atom stereocenters. The molecule has 2 amide bonds. The lowest BCUT2D eigenvalue weighted by atomic mass is 10.2. The molecule has 1 aromatic heterocycles. The third kappa shape index (κ3) is 4.42. The molecule has 2 saturated heterocycles. The van der Waals surface area contributed by atoms with E-state index < -0.39 is 0 Å². The predicted molar refractivity (Wildman–Crippen MR) is 105 cm³/mol. The molecule has 1 aromatic carbocycles. The molecule has 1 N–H and O–H groups in total. The average Bonchev–Trinajstić information content (AvgIpc) is 3.35. The van der Waals surface area contributed by atoms with E-state index in [1.54, 1.807) is 0 Å². The molecule has 2 fully saturated rings.